The molecule has 0 saturated carbocycles. The minimum atomic E-state index is -0.137. The third-order valence-electron chi connectivity index (χ3n) is 4.13. The van der Waals surface area contributed by atoms with Gasteiger partial charge in [-0.2, -0.15) is 0 Å². The summed E-state index contributed by atoms with van der Waals surface area (Å²) >= 11 is 0. The molecule has 0 aliphatic carbocycles. The molecule has 0 radical (unpaired) electrons. The quantitative estimate of drug-likeness (QED) is 0.723. The molecule has 3 nitrogen and oxygen atoms in total. The van der Waals surface area contributed by atoms with Crippen LogP contribution in [0.2, 0.25) is 0 Å². The van der Waals surface area contributed by atoms with Crippen molar-refractivity contribution < 1.29 is 9.15 Å². The van der Waals surface area contributed by atoms with Gasteiger partial charge in [-0.25, -0.2) is 0 Å². The lowest BCUT2D eigenvalue weighted by Gasteiger charge is -2.41. The molecule has 1 aliphatic rings. The van der Waals surface area contributed by atoms with E-state index < -0.39 is 0 Å². The Morgan fingerprint density at radius 2 is 1.85 bits per heavy atom. The Kier molecular flexibility index (Phi) is 2.38. The van der Waals surface area contributed by atoms with E-state index in [0.717, 1.165) is 16.7 Å². The molecule has 0 spiro atoms. The third-order valence-corrected chi connectivity index (χ3v) is 4.13. The maximum Gasteiger partial charge on any atom is 0.134 e. The van der Waals surface area contributed by atoms with Crippen molar-refractivity contribution >= 4 is 16.7 Å². The number of fused-ring (bicyclic) bond motifs is 1. The third kappa shape index (κ3) is 1.50. The molecule has 0 amide bonds. The number of nitrogens with two attached hydrogens (primary N) is 1. The van der Waals surface area contributed by atoms with Gasteiger partial charge in [0, 0.05) is 16.6 Å². The van der Waals surface area contributed by atoms with Gasteiger partial charge in [0.25, 0.3) is 0 Å². The Balaban J connectivity index is 1.93. The molecule has 2 aromatic carbocycles. The predicted molar refractivity (Wildman–Crippen MR) is 78.7 cm³/mol. The average Bonchev–Trinajstić information content (AvgIpc) is 2.83. The van der Waals surface area contributed by atoms with Crippen LogP contribution in [-0.4, -0.2) is 13.2 Å². The minimum Gasteiger partial charge on any atom is -0.464 e. The van der Waals surface area contributed by atoms with Crippen LogP contribution in [0.15, 0.2) is 59.2 Å². The Morgan fingerprint density at radius 3 is 2.60 bits per heavy atom. The van der Waals surface area contributed by atoms with Crippen molar-refractivity contribution in [1.29, 1.82) is 0 Å². The minimum absolute atomic E-state index is 0.137. The summed E-state index contributed by atoms with van der Waals surface area (Å²) in [6, 6.07) is 16.2. The molecular weight excluding hydrogens is 250 g/mol. The number of hydrogen-bond donors (Lipinski definition) is 1. The van der Waals surface area contributed by atoms with Crippen molar-refractivity contribution in [3.63, 3.8) is 0 Å². The fraction of sp³-hybridized carbons (Fsp3) is 0.176. The van der Waals surface area contributed by atoms with Crippen molar-refractivity contribution in [2.75, 3.05) is 18.9 Å². The monoisotopic (exact) mass is 265 g/mol. The van der Waals surface area contributed by atoms with Gasteiger partial charge in [-0.1, -0.05) is 30.3 Å². The molecular formula is C17H15NO2. The molecule has 0 atom stereocenters. The van der Waals surface area contributed by atoms with Crippen LogP contribution in [0.1, 0.15) is 11.1 Å². The lowest BCUT2D eigenvalue weighted by atomic mass is 9.73. The highest BCUT2D eigenvalue weighted by Gasteiger charge is 2.44. The summed E-state index contributed by atoms with van der Waals surface area (Å²) in [6.07, 6.45) is 1.86. The number of benzene rings is 2. The van der Waals surface area contributed by atoms with Crippen LogP contribution in [-0.2, 0) is 10.2 Å². The summed E-state index contributed by atoms with van der Waals surface area (Å²) in [5.74, 6) is 0. The fourth-order valence-electron chi connectivity index (χ4n) is 2.97. The van der Waals surface area contributed by atoms with Gasteiger partial charge in [-0.05, 0) is 23.8 Å². The Bertz CT molecular complexity index is 771. The van der Waals surface area contributed by atoms with Crippen molar-refractivity contribution in [1.82, 2.24) is 0 Å². The molecule has 4 rings (SSSR count). The molecule has 20 heavy (non-hydrogen) atoms. The summed E-state index contributed by atoms with van der Waals surface area (Å²) in [4.78, 5) is 0. The van der Waals surface area contributed by atoms with E-state index in [-0.39, 0.29) is 5.41 Å². The predicted octanol–water partition coefficient (Wildman–Crippen LogP) is 3.33. The fourth-order valence-corrected chi connectivity index (χ4v) is 2.97. The highest BCUT2D eigenvalue weighted by Crippen LogP contribution is 2.43. The van der Waals surface area contributed by atoms with Crippen molar-refractivity contribution in [3.8, 4) is 0 Å². The number of anilines is 1. The van der Waals surface area contributed by atoms with Gasteiger partial charge in [0.05, 0.1) is 24.9 Å². The number of ether oxygens (including phenoxy) is 1. The SMILES string of the molecule is Nc1cccc(C2(c3coc4ccccc34)COC2)c1. The standard InChI is InChI=1S/C17H15NO2/c18-13-5-3-4-12(8-13)17(10-19-11-17)15-9-20-16-7-2-1-6-14(15)16/h1-9H,10-11,18H2. The van der Waals surface area contributed by atoms with Crippen LogP contribution < -0.4 is 5.73 Å². The second-order valence-corrected chi connectivity index (χ2v) is 5.35. The second kappa shape index (κ2) is 4.12. The first kappa shape index (κ1) is 11.6. The van der Waals surface area contributed by atoms with Gasteiger partial charge in [0.2, 0.25) is 0 Å². The summed E-state index contributed by atoms with van der Waals surface area (Å²) in [6.45, 7) is 1.33. The lowest BCUT2D eigenvalue weighted by molar-refractivity contribution is -0.0376. The van der Waals surface area contributed by atoms with E-state index in [1.54, 1.807) is 0 Å². The summed E-state index contributed by atoms with van der Waals surface area (Å²) in [5.41, 5.74) is 9.87. The molecule has 3 heteroatoms. The van der Waals surface area contributed by atoms with E-state index in [4.69, 9.17) is 14.9 Å². The van der Waals surface area contributed by atoms with E-state index in [9.17, 15) is 0 Å². The van der Waals surface area contributed by atoms with Crippen molar-refractivity contribution in [3.05, 3.63) is 65.9 Å². The maximum atomic E-state index is 5.94. The Morgan fingerprint density at radius 1 is 1.00 bits per heavy atom. The van der Waals surface area contributed by atoms with Crippen LogP contribution in [0.5, 0.6) is 0 Å². The highest BCUT2D eigenvalue weighted by atomic mass is 16.5. The van der Waals surface area contributed by atoms with Crippen LogP contribution >= 0.6 is 0 Å². The second-order valence-electron chi connectivity index (χ2n) is 5.35. The zero-order valence-electron chi connectivity index (χ0n) is 11.0. The molecule has 1 fully saturated rings. The first-order valence-corrected chi connectivity index (χ1v) is 6.70. The van der Waals surface area contributed by atoms with E-state index >= 15 is 0 Å². The topological polar surface area (TPSA) is 48.4 Å². The van der Waals surface area contributed by atoms with Crippen molar-refractivity contribution in [2.45, 2.75) is 5.41 Å². The normalized spacial score (nSPS) is 17.0. The van der Waals surface area contributed by atoms with Crippen LogP contribution in [0.25, 0.3) is 11.0 Å². The van der Waals surface area contributed by atoms with Crippen LogP contribution in [0.4, 0.5) is 5.69 Å². The van der Waals surface area contributed by atoms with Gasteiger partial charge in [0.15, 0.2) is 0 Å². The van der Waals surface area contributed by atoms with Crippen LogP contribution in [0.3, 0.4) is 0 Å². The first-order valence-electron chi connectivity index (χ1n) is 6.70. The smallest absolute Gasteiger partial charge is 0.134 e. The van der Waals surface area contributed by atoms with Crippen molar-refractivity contribution in [2.24, 2.45) is 0 Å². The average molecular weight is 265 g/mol. The lowest BCUT2D eigenvalue weighted by Crippen LogP contribution is -2.47. The zero-order chi connectivity index (χ0) is 13.6. The molecule has 3 aromatic rings. The van der Waals surface area contributed by atoms with E-state index in [0.29, 0.717) is 13.2 Å². The highest BCUT2D eigenvalue weighted by molar-refractivity contribution is 5.83. The number of nitrogen functional groups attached to an aromatic ring is 1. The van der Waals surface area contributed by atoms with Gasteiger partial charge in [-0.3, -0.25) is 0 Å². The molecule has 100 valence electrons. The summed E-state index contributed by atoms with van der Waals surface area (Å²) in [5, 5.41) is 1.15. The van der Waals surface area contributed by atoms with Gasteiger partial charge < -0.3 is 14.9 Å². The largest absolute Gasteiger partial charge is 0.464 e. The summed E-state index contributed by atoms with van der Waals surface area (Å²) < 4.78 is 11.2. The van der Waals surface area contributed by atoms with Crippen LogP contribution in [0, 0.1) is 0 Å². The number of rotatable bonds is 2. The molecule has 2 heterocycles. The van der Waals surface area contributed by atoms with Gasteiger partial charge >= 0.3 is 0 Å². The van der Waals surface area contributed by atoms with Gasteiger partial charge in [0.1, 0.15) is 5.58 Å². The molecule has 2 N–H and O–H groups in total. The molecule has 1 saturated heterocycles. The molecule has 0 unspecified atom stereocenters. The first-order chi connectivity index (χ1) is 9.79. The Labute approximate surface area is 117 Å². The summed E-state index contributed by atoms with van der Waals surface area (Å²) in [7, 11) is 0. The van der Waals surface area contributed by atoms with Gasteiger partial charge in [-0.15, -0.1) is 0 Å². The van der Waals surface area contributed by atoms with E-state index in [2.05, 4.69) is 12.1 Å². The molecule has 0 bridgehead atoms. The van der Waals surface area contributed by atoms with E-state index in [1.807, 2.05) is 42.7 Å². The number of furan rings is 1. The Hall–Kier alpha value is -2.26. The number of para-hydroxylation sites is 1. The molecule has 1 aliphatic heterocycles. The van der Waals surface area contributed by atoms with E-state index in [1.165, 1.54) is 11.1 Å². The zero-order valence-corrected chi connectivity index (χ0v) is 11.0. The maximum absolute atomic E-state index is 5.94. The number of hydrogen-bond acceptors (Lipinski definition) is 3. The molecule has 1 aromatic heterocycles.